The van der Waals surface area contributed by atoms with Gasteiger partial charge in [-0.2, -0.15) is 0 Å². The van der Waals surface area contributed by atoms with E-state index < -0.39 is 0 Å². The Hall–Kier alpha value is -1.35. The van der Waals surface area contributed by atoms with Gasteiger partial charge in [0.15, 0.2) is 0 Å². The number of aromatic nitrogens is 2. The predicted octanol–water partition coefficient (Wildman–Crippen LogP) is 3.67. The number of imidazole rings is 1. The second-order valence-corrected chi connectivity index (χ2v) is 7.19. The molecule has 0 radical (unpaired) electrons. The number of benzene rings is 1. The molecule has 1 aliphatic rings. The molecular weight excluding hydrogens is 246 g/mol. The minimum Gasteiger partial charge on any atom is -0.342 e. The third kappa shape index (κ3) is 2.59. The first-order chi connectivity index (χ1) is 9.43. The van der Waals surface area contributed by atoms with Crippen molar-refractivity contribution in [2.75, 3.05) is 20.1 Å². The van der Waals surface area contributed by atoms with Gasteiger partial charge in [0.2, 0.25) is 0 Å². The number of piperidine rings is 1. The van der Waals surface area contributed by atoms with Gasteiger partial charge in [-0.3, -0.25) is 0 Å². The quantitative estimate of drug-likeness (QED) is 0.858. The fourth-order valence-corrected chi connectivity index (χ4v) is 2.98. The maximum atomic E-state index is 4.72. The van der Waals surface area contributed by atoms with Gasteiger partial charge < -0.3 is 9.88 Å². The second kappa shape index (κ2) is 4.88. The Kier molecular flexibility index (Phi) is 3.33. The lowest BCUT2D eigenvalue weighted by molar-refractivity contribution is 0.255. The van der Waals surface area contributed by atoms with Gasteiger partial charge in [0.05, 0.1) is 11.0 Å². The summed E-state index contributed by atoms with van der Waals surface area (Å²) >= 11 is 0. The van der Waals surface area contributed by atoms with Crippen LogP contribution < -0.4 is 0 Å². The predicted molar refractivity (Wildman–Crippen MR) is 84.3 cm³/mol. The van der Waals surface area contributed by atoms with Crippen molar-refractivity contribution in [2.45, 2.75) is 44.9 Å². The zero-order valence-corrected chi connectivity index (χ0v) is 13.0. The molecular formula is C17H25N3. The van der Waals surface area contributed by atoms with E-state index in [-0.39, 0.29) is 5.41 Å². The number of hydrogen-bond donors (Lipinski definition) is 1. The van der Waals surface area contributed by atoms with Crippen LogP contribution in [0.1, 0.15) is 50.9 Å². The van der Waals surface area contributed by atoms with E-state index in [0.29, 0.717) is 5.92 Å². The Labute approximate surface area is 121 Å². The highest BCUT2D eigenvalue weighted by atomic mass is 15.1. The number of rotatable bonds is 1. The largest absolute Gasteiger partial charge is 0.342 e. The summed E-state index contributed by atoms with van der Waals surface area (Å²) in [5, 5.41) is 0. The lowest BCUT2D eigenvalue weighted by atomic mass is 9.89. The van der Waals surface area contributed by atoms with Crippen LogP contribution in [0.15, 0.2) is 18.2 Å². The van der Waals surface area contributed by atoms with Crippen molar-refractivity contribution in [3.8, 4) is 0 Å². The fourth-order valence-electron chi connectivity index (χ4n) is 2.98. The Bertz CT molecular complexity index is 598. The standard InChI is InChI=1S/C17H25N3/c1-17(2,3)16-18-14-6-5-13(11-15(14)19-16)12-7-9-20(4)10-8-12/h5-6,11-12H,7-10H2,1-4H3,(H,18,19). The van der Waals surface area contributed by atoms with Crippen molar-refractivity contribution >= 4 is 11.0 Å². The van der Waals surface area contributed by atoms with E-state index in [1.807, 2.05) is 0 Å². The number of hydrogen-bond acceptors (Lipinski definition) is 2. The van der Waals surface area contributed by atoms with Crippen LogP contribution >= 0.6 is 0 Å². The van der Waals surface area contributed by atoms with Gasteiger partial charge in [0, 0.05) is 5.41 Å². The highest BCUT2D eigenvalue weighted by molar-refractivity contribution is 5.76. The number of H-pyrrole nitrogens is 1. The summed E-state index contributed by atoms with van der Waals surface area (Å²) < 4.78 is 0. The SMILES string of the molecule is CN1CCC(c2ccc3nc(C(C)(C)C)[nH]c3c2)CC1. The summed E-state index contributed by atoms with van der Waals surface area (Å²) in [5.74, 6) is 1.78. The fraction of sp³-hybridized carbons (Fsp3) is 0.588. The van der Waals surface area contributed by atoms with Crippen LogP contribution in [0.3, 0.4) is 0 Å². The topological polar surface area (TPSA) is 31.9 Å². The van der Waals surface area contributed by atoms with Gasteiger partial charge >= 0.3 is 0 Å². The van der Waals surface area contributed by atoms with Gasteiger partial charge in [0.25, 0.3) is 0 Å². The molecule has 0 saturated carbocycles. The molecule has 0 aliphatic carbocycles. The first-order valence-electron chi connectivity index (χ1n) is 7.62. The summed E-state index contributed by atoms with van der Waals surface area (Å²) in [6, 6.07) is 6.76. The van der Waals surface area contributed by atoms with E-state index in [1.165, 1.54) is 37.0 Å². The van der Waals surface area contributed by atoms with Crippen LogP contribution in [0, 0.1) is 0 Å². The lowest BCUT2D eigenvalue weighted by Gasteiger charge is -2.29. The van der Waals surface area contributed by atoms with Crippen molar-refractivity contribution in [3.63, 3.8) is 0 Å². The van der Waals surface area contributed by atoms with Crippen LogP contribution in [0.2, 0.25) is 0 Å². The molecule has 1 N–H and O–H groups in total. The van der Waals surface area contributed by atoms with Gasteiger partial charge in [-0.25, -0.2) is 4.98 Å². The molecule has 2 heterocycles. The number of nitrogens with zero attached hydrogens (tertiary/aromatic N) is 2. The van der Waals surface area contributed by atoms with E-state index in [1.54, 1.807) is 0 Å². The zero-order valence-electron chi connectivity index (χ0n) is 13.0. The van der Waals surface area contributed by atoms with Crippen molar-refractivity contribution in [1.29, 1.82) is 0 Å². The van der Waals surface area contributed by atoms with E-state index in [0.717, 1.165) is 11.3 Å². The molecule has 0 unspecified atom stereocenters. The lowest BCUT2D eigenvalue weighted by Crippen LogP contribution is -2.29. The van der Waals surface area contributed by atoms with Crippen LogP contribution in [0.25, 0.3) is 11.0 Å². The van der Waals surface area contributed by atoms with Gasteiger partial charge in [-0.05, 0) is 56.6 Å². The third-order valence-corrected chi connectivity index (χ3v) is 4.41. The van der Waals surface area contributed by atoms with Gasteiger partial charge in [-0.1, -0.05) is 26.8 Å². The van der Waals surface area contributed by atoms with Gasteiger partial charge in [-0.15, -0.1) is 0 Å². The summed E-state index contributed by atoms with van der Waals surface area (Å²) in [5.41, 5.74) is 3.82. The van der Waals surface area contributed by atoms with E-state index in [4.69, 9.17) is 4.98 Å². The first-order valence-corrected chi connectivity index (χ1v) is 7.62. The summed E-state index contributed by atoms with van der Waals surface area (Å²) in [6.45, 7) is 9.01. The van der Waals surface area contributed by atoms with E-state index in [9.17, 15) is 0 Å². The minimum absolute atomic E-state index is 0.0761. The molecule has 1 fully saturated rings. The highest BCUT2D eigenvalue weighted by Crippen LogP contribution is 2.30. The first kappa shape index (κ1) is 13.6. The molecule has 1 aromatic carbocycles. The molecule has 0 spiro atoms. The van der Waals surface area contributed by atoms with Crippen molar-refractivity contribution in [1.82, 2.24) is 14.9 Å². The molecule has 1 aromatic heterocycles. The highest BCUT2D eigenvalue weighted by Gasteiger charge is 2.21. The molecule has 3 nitrogen and oxygen atoms in total. The number of nitrogens with one attached hydrogen (secondary N) is 1. The molecule has 3 rings (SSSR count). The molecule has 0 bridgehead atoms. The molecule has 108 valence electrons. The third-order valence-electron chi connectivity index (χ3n) is 4.41. The average molecular weight is 271 g/mol. The number of likely N-dealkylation sites (tertiary alicyclic amines) is 1. The average Bonchev–Trinajstić information content (AvgIpc) is 2.82. The molecule has 1 saturated heterocycles. The Balaban J connectivity index is 1.90. The Morgan fingerprint density at radius 2 is 1.90 bits per heavy atom. The van der Waals surface area contributed by atoms with Crippen LogP contribution in [-0.4, -0.2) is 35.0 Å². The Morgan fingerprint density at radius 1 is 1.20 bits per heavy atom. The van der Waals surface area contributed by atoms with Crippen LogP contribution in [-0.2, 0) is 5.41 Å². The smallest absolute Gasteiger partial charge is 0.112 e. The normalized spacial score (nSPS) is 18.8. The second-order valence-electron chi connectivity index (χ2n) is 7.19. The van der Waals surface area contributed by atoms with Crippen LogP contribution in [0.5, 0.6) is 0 Å². The molecule has 20 heavy (non-hydrogen) atoms. The molecule has 0 atom stereocenters. The molecule has 0 amide bonds. The summed E-state index contributed by atoms with van der Waals surface area (Å²) in [4.78, 5) is 10.6. The maximum absolute atomic E-state index is 4.72. The summed E-state index contributed by atoms with van der Waals surface area (Å²) in [7, 11) is 2.21. The molecule has 1 aliphatic heterocycles. The maximum Gasteiger partial charge on any atom is 0.112 e. The molecule has 3 heteroatoms. The minimum atomic E-state index is 0.0761. The summed E-state index contributed by atoms with van der Waals surface area (Å²) in [6.07, 6.45) is 2.53. The van der Waals surface area contributed by atoms with Crippen molar-refractivity contribution < 1.29 is 0 Å². The zero-order chi connectivity index (χ0) is 14.3. The van der Waals surface area contributed by atoms with Crippen molar-refractivity contribution in [3.05, 3.63) is 29.6 Å². The number of fused-ring (bicyclic) bond motifs is 1. The van der Waals surface area contributed by atoms with Gasteiger partial charge in [0.1, 0.15) is 5.82 Å². The Morgan fingerprint density at radius 3 is 2.55 bits per heavy atom. The van der Waals surface area contributed by atoms with Crippen LogP contribution in [0.4, 0.5) is 0 Å². The van der Waals surface area contributed by atoms with E-state index in [2.05, 4.69) is 55.9 Å². The monoisotopic (exact) mass is 271 g/mol. The molecule has 2 aromatic rings. The number of aromatic amines is 1. The van der Waals surface area contributed by atoms with Crippen molar-refractivity contribution in [2.24, 2.45) is 0 Å². The van der Waals surface area contributed by atoms with E-state index >= 15 is 0 Å².